The lowest BCUT2D eigenvalue weighted by Crippen LogP contribution is -2.47. The molecule has 3 N–H and O–H groups in total. The molecule has 0 spiro atoms. The molecule has 0 aromatic heterocycles. The van der Waals surface area contributed by atoms with Gasteiger partial charge in [0.05, 0.1) is 0 Å². The quantitative estimate of drug-likeness (QED) is 0.640. The molecule has 0 bridgehead atoms. The lowest BCUT2D eigenvalue weighted by atomic mass is 9.79. The van der Waals surface area contributed by atoms with Gasteiger partial charge in [0.2, 0.25) is 0 Å². The third-order valence-electron chi connectivity index (χ3n) is 2.52. The van der Waals surface area contributed by atoms with E-state index in [2.05, 4.69) is 19.2 Å². The molecule has 1 aliphatic rings. The third-order valence-corrected chi connectivity index (χ3v) is 2.52. The Balaban J connectivity index is 2.23. The SMILES string of the molecule is CC(C)NC(CN)C1CCC1. The van der Waals surface area contributed by atoms with Crippen LogP contribution in [0.4, 0.5) is 0 Å². The van der Waals surface area contributed by atoms with E-state index in [-0.39, 0.29) is 0 Å². The molecule has 1 saturated carbocycles. The van der Waals surface area contributed by atoms with Crippen LogP contribution in [-0.2, 0) is 0 Å². The second kappa shape index (κ2) is 4.07. The van der Waals surface area contributed by atoms with E-state index in [9.17, 15) is 0 Å². The summed E-state index contributed by atoms with van der Waals surface area (Å²) in [5, 5.41) is 3.51. The van der Waals surface area contributed by atoms with Crippen LogP contribution in [0.3, 0.4) is 0 Å². The second-order valence-electron chi connectivity index (χ2n) is 3.85. The van der Waals surface area contributed by atoms with Gasteiger partial charge in [0.1, 0.15) is 0 Å². The summed E-state index contributed by atoms with van der Waals surface area (Å²) in [7, 11) is 0. The van der Waals surface area contributed by atoms with Crippen LogP contribution in [0.25, 0.3) is 0 Å². The first kappa shape index (κ1) is 9.01. The predicted octanol–water partition coefficient (Wildman–Crippen LogP) is 1.11. The van der Waals surface area contributed by atoms with Crippen LogP contribution in [0.15, 0.2) is 0 Å². The average molecular weight is 156 g/mol. The van der Waals surface area contributed by atoms with Crippen molar-refractivity contribution in [2.24, 2.45) is 11.7 Å². The largest absolute Gasteiger partial charge is 0.329 e. The van der Waals surface area contributed by atoms with E-state index in [0.717, 1.165) is 12.5 Å². The Bertz CT molecular complexity index is 108. The highest BCUT2D eigenvalue weighted by atomic mass is 15.0. The van der Waals surface area contributed by atoms with Crippen LogP contribution < -0.4 is 11.1 Å². The lowest BCUT2D eigenvalue weighted by Gasteiger charge is -2.34. The van der Waals surface area contributed by atoms with Crippen LogP contribution in [0.1, 0.15) is 33.1 Å². The molecule has 1 aliphatic carbocycles. The fraction of sp³-hybridized carbons (Fsp3) is 1.00. The topological polar surface area (TPSA) is 38.0 Å². The van der Waals surface area contributed by atoms with Crippen molar-refractivity contribution in [1.29, 1.82) is 0 Å². The zero-order chi connectivity index (χ0) is 8.27. The molecule has 0 aromatic carbocycles. The van der Waals surface area contributed by atoms with Gasteiger partial charge in [-0.15, -0.1) is 0 Å². The molecule has 0 radical (unpaired) electrons. The van der Waals surface area contributed by atoms with E-state index in [0.29, 0.717) is 12.1 Å². The van der Waals surface area contributed by atoms with Gasteiger partial charge in [-0.05, 0) is 18.8 Å². The van der Waals surface area contributed by atoms with Gasteiger partial charge in [-0.2, -0.15) is 0 Å². The van der Waals surface area contributed by atoms with Crippen molar-refractivity contribution < 1.29 is 0 Å². The molecule has 0 aromatic rings. The van der Waals surface area contributed by atoms with Crippen molar-refractivity contribution in [1.82, 2.24) is 5.32 Å². The van der Waals surface area contributed by atoms with E-state index in [1.54, 1.807) is 0 Å². The average Bonchev–Trinajstić information content (AvgIpc) is 1.81. The number of hydrogen-bond acceptors (Lipinski definition) is 2. The maximum Gasteiger partial charge on any atom is 0.0220 e. The normalized spacial score (nSPS) is 21.8. The minimum absolute atomic E-state index is 0.573. The maximum absolute atomic E-state index is 5.67. The minimum atomic E-state index is 0.573. The molecule has 2 heteroatoms. The number of rotatable bonds is 4. The summed E-state index contributed by atoms with van der Waals surface area (Å²) in [6.07, 6.45) is 4.16. The van der Waals surface area contributed by atoms with Crippen molar-refractivity contribution in [2.45, 2.75) is 45.2 Å². The first-order valence-electron chi connectivity index (χ1n) is 4.70. The Kier molecular flexibility index (Phi) is 3.34. The van der Waals surface area contributed by atoms with Gasteiger partial charge in [-0.25, -0.2) is 0 Å². The van der Waals surface area contributed by atoms with Gasteiger partial charge in [-0.1, -0.05) is 20.3 Å². The van der Waals surface area contributed by atoms with Gasteiger partial charge in [0.15, 0.2) is 0 Å². The smallest absolute Gasteiger partial charge is 0.0220 e. The fourth-order valence-corrected chi connectivity index (χ4v) is 1.67. The van der Waals surface area contributed by atoms with Crippen molar-refractivity contribution >= 4 is 0 Å². The van der Waals surface area contributed by atoms with Gasteiger partial charge in [-0.3, -0.25) is 0 Å². The Morgan fingerprint density at radius 2 is 2.09 bits per heavy atom. The van der Waals surface area contributed by atoms with E-state index in [4.69, 9.17) is 5.73 Å². The molecule has 0 amide bonds. The standard InChI is InChI=1S/C9H20N2/c1-7(2)11-9(6-10)8-4-3-5-8/h7-9,11H,3-6,10H2,1-2H3. The summed E-state index contributed by atoms with van der Waals surface area (Å²) in [5.41, 5.74) is 5.67. The zero-order valence-electron chi connectivity index (χ0n) is 7.64. The Morgan fingerprint density at radius 3 is 2.36 bits per heavy atom. The Hall–Kier alpha value is -0.0800. The zero-order valence-corrected chi connectivity index (χ0v) is 7.64. The van der Waals surface area contributed by atoms with Crippen LogP contribution >= 0.6 is 0 Å². The molecule has 0 heterocycles. The lowest BCUT2D eigenvalue weighted by molar-refractivity contribution is 0.223. The summed E-state index contributed by atoms with van der Waals surface area (Å²) >= 11 is 0. The molecule has 1 atom stereocenters. The van der Waals surface area contributed by atoms with Gasteiger partial charge in [0.25, 0.3) is 0 Å². The van der Waals surface area contributed by atoms with Gasteiger partial charge < -0.3 is 11.1 Å². The summed E-state index contributed by atoms with van der Waals surface area (Å²) in [6.45, 7) is 5.16. The first-order chi connectivity index (χ1) is 5.24. The van der Waals surface area contributed by atoms with Crippen LogP contribution in [-0.4, -0.2) is 18.6 Å². The number of hydrogen-bond donors (Lipinski definition) is 2. The van der Waals surface area contributed by atoms with E-state index in [1.165, 1.54) is 19.3 Å². The maximum atomic E-state index is 5.67. The highest BCUT2D eigenvalue weighted by molar-refractivity contribution is 4.84. The molecule has 1 rings (SSSR count). The molecular weight excluding hydrogens is 136 g/mol. The highest BCUT2D eigenvalue weighted by Gasteiger charge is 2.25. The van der Waals surface area contributed by atoms with E-state index >= 15 is 0 Å². The predicted molar refractivity (Wildman–Crippen MR) is 48.5 cm³/mol. The molecule has 2 nitrogen and oxygen atoms in total. The van der Waals surface area contributed by atoms with E-state index in [1.807, 2.05) is 0 Å². The number of nitrogens with two attached hydrogens (primary N) is 1. The monoisotopic (exact) mass is 156 g/mol. The Labute approximate surface area is 69.5 Å². The summed E-state index contributed by atoms with van der Waals surface area (Å²) in [4.78, 5) is 0. The molecule has 66 valence electrons. The van der Waals surface area contributed by atoms with Gasteiger partial charge >= 0.3 is 0 Å². The fourth-order valence-electron chi connectivity index (χ4n) is 1.67. The molecule has 0 saturated heterocycles. The Morgan fingerprint density at radius 1 is 1.45 bits per heavy atom. The summed E-state index contributed by atoms with van der Waals surface area (Å²) in [6, 6.07) is 1.15. The second-order valence-corrected chi connectivity index (χ2v) is 3.85. The van der Waals surface area contributed by atoms with Gasteiger partial charge in [0, 0.05) is 18.6 Å². The van der Waals surface area contributed by atoms with Crippen LogP contribution in [0.5, 0.6) is 0 Å². The van der Waals surface area contributed by atoms with E-state index < -0.39 is 0 Å². The molecule has 1 unspecified atom stereocenters. The van der Waals surface area contributed by atoms with Crippen LogP contribution in [0.2, 0.25) is 0 Å². The third kappa shape index (κ3) is 2.46. The summed E-state index contributed by atoms with van der Waals surface area (Å²) in [5.74, 6) is 0.863. The van der Waals surface area contributed by atoms with Crippen molar-refractivity contribution in [2.75, 3.05) is 6.54 Å². The molecule has 0 aliphatic heterocycles. The van der Waals surface area contributed by atoms with Crippen molar-refractivity contribution in [3.8, 4) is 0 Å². The van der Waals surface area contributed by atoms with Crippen molar-refractivity contribution in [3.63, 3.8) is 0 Å². The minimum Gasteiger partial charge on any atom is -0.329 e. The molecule has 11 heavy (non-hydrogen) atoms. The van der Waals surface area contributed by atoms with Crippen molar-refractivity contribution in [3.05, 3.63) is 0 Å². The van der Waals surface area contributed by atoms with Crippen LogP contribution in [0, 0.1) is 5.92 Å². The molecule has 1 fully saturated rings. The summed E-state index contributed by atoms with van der Waals surface area (Å²) < 4.78 is 0. The first-order valence-corrected chi connectivity index (χ1v) is 4.70. The number of nitrogens with one attached hydrogen (secondary N) is 1. The molecular formula is C9H20N2. The highest BCUT2D eigenvalue weighted by Crippen LogP contribution is 2.29.